The number of rotatable bonds is 2. The van der Waals surface area contributed by atoms with Crippen LogP contribution in [0.1, 0.15) is 36.0 Å². The molecule has 1 aromatic rings. The van der Waals surface area contributed by atoms with E-state index in [9.17, 15) is 13.2 Å². The molecule has 0 aromatic carbocycles. The molecule has 6 nitrogen and oxygen atoms in total. The summed E-state index contributed by atoms with van der Waals surface area (Å²) in [6.07, 6.45) is 0. The number of hydrogen-bond acceptors (Lipinski definition) is 5. The summed E-state index contributed by atoms with van der Waals surface area (Å²) in [5, 5.41) is 3.82. The Kier molecular flexibility index (Phi) is 3.43. The molecule has 0 atom stereocenters. The third kappa shape index (κ3) is 2.72. The fraction of sp³-hybridized carbons (Fsp3) is 0.636. The Morgan fingerprint density at radius 2 is 2.00 bits per heavy atom. The van der Waals surface area contributed by atoms with Gasteiger partial charge in [-0.05, 0) is 5.92 Å². The Hall–Kier alpha value is -1.37. The van der Waals surface area contributed by atoms with Gasteiger partial charge >= 0.3 is 0 Å². The van der Waals surface area contributed by atoms with Crippen LogP contribution in [0.25, 0.3) is 0 Å². The monoisotopic (exact) mass is 272 g/mol. The molecule has 0 saturated carbocycles. The standard InChI is InChI=1S/C11H16N2O4S/c1-8(2)9-7-10(17-12-9)11(14)13-3-5-18(15,16)6-4-13/h7-8H,3-6H2,1-2H3. The zero-order valence-electron chi connectivity index (χ0n) is 10.4. The van der Waals surface area contributed by atoms with E-state index in [1.165, 1.54) is 4.90 Å². The summed E-state index contributed by atoms with van der Waals surface area (Å²) in [6, 6.07) is 1.62. The zero-order valence-corrected chi connectivity index (χ0v) is 11.2. The lowest BCUT2D eigenvalue weighted by Gasteiger charge is -2.25. The highest BCUT2D eigenvalue weighted by Crippen LogP contribution is 2.16. The van der Waals surface area contributed by atoms with Crippen LogP contribution in [0, 0.1) is 0 Å². The van der Waals surface area contributed by atoms with Gasteiger partial charge in [0.2, 0.25) is 5.76 Å². The van der Waals surface area contributed by atoms with Gasteiger partial charge in [-0.1, -0.05) is 19.0 Å². The predicted octanol–water partition coefficient (Wildman–Crippen LogP) is 0.669. The second kappa shape index (κ2) is 4.72. The van der Waals surface area contributed by atoms with Crippen molar-refractivity contribution in [2.45, 2.75) is 19.8 Å². The predicted molar refractivity (Wildman–Crippen MR) is 65.1 cm³/mol. The van der Waals surface area contributed by atoms with E-state index in [1.54, 1.807) is 6.07 Å². The molecule has 1 saturated heterocycles. The number of aromatic nitrogens is 1. The third-order valence-corrected chi connectivity index (χ3v) is 4.57. The fourth-order valence-corrected chi connectivity index (χ4v) is 2.93. The molecule has 7 heteroatoms. The highest BCUT2D eigenvalue weighted by Gasteiger charge is 2.28. The molecule has 100 valence electrons. The lowest BCUT2D eigenvalue weighted by atomic mass is 10.1. The molecule has 0 radical (unpaired) electrons. The number of sulfone groups is 1. The smallest absolute Gasteiger partial charge is 0.292 e. The first-order valence-corrected chi connectivity index (χ1v) is 7.67. The van der Waals surface area contributed by atoms with E-state index in [0.29, 0.717) is 0 Å². The first-order valence-electron chi connectivity index (χ1n) is 5.85. The quantitative estimate of drug-likeness (QED) is 0.790. The molecule has 1 amide bonds. The maximum Gasteiger partial charge on any atom is 0.292 e. The third-order valence-electron chi connectivity index (χ3n) is 2.96. The second-order valence-electron chi connectivity index (χ2n) is 4.71. The molecule has 1 aliphatic heterocycles. The van der Waals surface area contributed by atoms with Crippen LogP contribution >= 0.6 is 0 Å². The minimum Gasteiger partial charge on any atom is -0.351 e. The summed E-state index contributed by atoms with van der Waals surface area (Å²) in [4.78, 5) is 13.5. The minimum atomic E-state index is -2.98. The number of carbonyl (C=O) groups is 1. The van der Waals surface area contributed by atoms with E-state index in [2.05, 4.69) is 5.16 Å². The molecule has 1 fully saturated rings. The molecular formula is C11H16N2O4S. The largest absolute Gasteiger partial charge is 0.351 e. The number of carbonyl (C=O) groups excluding carboxylic acids is 1. The molecule has 18 heavy (non-hydrogen) atoms. The molecule has 2 heterocycles. The molecule has 1 aliphatic rings. The highest BCUT2D eigenvalue weighted by molar-refractivity contribution is 7.91. The average Bonchev–Trinajstić information content (AvgIpc) is 2.77. The molecule has 0 unspecified atom stereocenters. The van der Waals surface area contributed by atoms with Gasteiger partial charge in [-0.2, -0.15) is 0 Å². The van der Waals surface area contributed by atoms with Gasteiger partial charge in [-0.15, -0.1) is 0 Å². The summed E-state index contributed by atoms with van der Waals surface area (Å²) >= 11 is 0. The Bertz CT molecular complexity index is 533. The van der Waals surface area contributed by atoms with E-state index in [0.717, 1.165) is 5.69 Å². The topological polar surface area (TPSA) is 80.5 Å². The van der Waals surface area contributed by atoms with Crippen LogP contribution in [-0.2, 0) is 9.84 Å². The Labute approximate surface area is 106 Å². The zero-order chi connectivity index (χ0) is 13.3. The Balaban J connectivity index is 2.07. The Morgan fingerprint density at radius 3 is 2.50 bits per heavy atom. The van der Waals surface area contributed by atoms with E-state index in [1.807, 2.05) is 13.8 Å². The summed E-state index contributed by atoms with van der Waals surface area (Å²) in [7, 11) is -2.98. The van der Waals surface area contributed by atoms with E-state index in [4.69, 9.17) is 4.52 Å². The van der Waals surface area contributed by atoms with Crippen LogP contribution in [0.15, 0.2) is 10.6 Å². The van der Waals surface area contributed by atoms with Gasteiger partial charge in [-0.3, -0.25) is 4.79 Å². The summed E-state index contributed by atoms with van der Waals surface area (Å²) in [5.41, 5.74) is 0.725. The summed E-state index contributed by atoms with van der Waals surface area (Å²) in [6.45, 7) is 4.36. The van der Waals surface area contributed by atoms with Crippen molar-refractivity contribution in [2.24, 2.45) is 0 Å². The Morgan fingerprint density at radius 1 is 1.39 bits per heavy atom. The minimum absolute atomic E-state index is 0.0178. The van der Waals surface area contributed by atoms with E-state index < -0.39 is 9.84 Å². The van der Waals surface area contributed by atoms with Gasteiger partial charge in [-0.25, -0.2) is 8.42 Å². The van der Waals surface area contributed by atoms with Crippen molar-refractivity contribution in [3.05, 3.63) is 17.5 Å². The number of nitrogens with zero attached hydrogens (tertiary/aromatic N) is 2. The van der Waals surface area contributed by atoms with E-state index >= 15 is 0 Å². The average molecular weight is 272 g/mol. The van der Waals surface area contributed by atoms with Crippen molar-refractivity contribution >= 4 is 15.7 Å². The van der Waals surface area contributed by atoms with Crippen LogP contribution in [0.4, 0.5) is 0 Å². The van der Waals surface area contributed by atoms with Crippen molar-refractivity contribution in [1.82, 2.24) is 10.1 Å². The molecule has 2 rings (SSSR count). The SMILES string of the molecule is CC(C)c1cc(C(=O)N2CCS(=O)(=O)CC2)on1. The lowest BCUT2D eigenvalue weighted by molar-refractivity contribution is 0.0728. The maximum atomic E-state index is 12.0. The van der Waals surface area contributed by atoms with Crippen molar-refractivity contribution in [2.75, 3.05) is 24.6 Å². The molecule has 0 bridgehead atoms. The van der Waals surface area contributed by atoms with Gasteiger partial charge in [0.15, 0.2) is 9.84 Å². The van der Waals surface area contributed by atoms with Crippen molar-refractivity contribution < 1.29 is 17.7 Å². The molecule has 1 aromatic heterocycles. The molecule has 0 aliphatic carbocycles. The first kappa shape index (κ1) is 13.1. The fourth-order valence-electron chi connectivity index (χ4n) is 1.73. The van der Waals surface area contributed by atoms with Crippen LogP contribution < -0.4 is 0 Å². The normalized spacial score (nSPS) is 19.2. The highest BCUT2D eigenvalue weighted by atomic mass is 32.2. The summed E-state index contributed by atoms with van der Waals surface area (Å²) < 4.78 is 27.6. The van der Waals surface area contributed by atoms with Crippen LogP contribution in [0.2, 0.25) is 0 Å². The first-order chi connectivity index (χ1) is 8.39. The van der Waals surface area contributed by atoms with Crippen molar-refractivity contribution in [3.8, 4) is 0 Å². The molecule has 0 spiro atoms. The van der Waals surface area contributed by atoms with Gasteiger partial charge in [0.05, 0.1) is 17.2 Å². The van der Waals surface area contributed by atoms with Gasteiger partial charge < -0.3 is 9.42 Å². The lowest BCUT2D eigenvalue weighted by Crippen LogP contribution is -2.43. The maximum absolute atomic E-state index is 12.0. The van der Waals surface area contributed by atoms with Gasteiger partial charge in [0.1, 0.15) is 0 Å². The summed E-state index contributed by atoms with van der Waals surface area (Å²) in [5.74, 6) is 0.118. The van der Waals surface area contributed by atoms with Crippen molar-refractivity contribution in [3.63, 3.8) is 0 Å². The van der Waals surface area contributed by atoms with E-state index in [-0.39, 0.29) is 42.2 Å². The van der Waals surface area contributed by atoms with Gasteiger partial charge in [0.25, 0.3) is 5.91 Å². The number of hydrogen-bond donors (Lipinski definition) is 0. The van der Waals surface area contributed by atoms with Crippen LogP contribution in [-0.4, -0.2) is 49.0 Å². The van der Waals surface area contributed by atoms with Crippen LogP contribution in [0.5, 0.6) is 0 Å². The van der Waals surface area contributed by atoms with Crippen LogP contribution in [0.3, 0.4) is 0 Å². The van der Waals surface area contributed by atoms with Crippen molar-refractivity contribution in [1.29, 1.82) is 0 Å². The molecular weight excluding hydrogens is 256 g/mol. The second-order valence-corrected chi connectivity index (χ2v) is 7.02. The number of amides is 1. The van der Waals surface area contributed by atoms with Gasteiger partial charge in [0, 0.05) is 19.2 Å². The molecule has 0 N–H and O–H groups in total.